The molecule has 0 aliphatic rings. The predicted molar refractivity (Wildman–Crippen MR) is 81.5 cm³/mol. The molecule has 0 fully saturated rings. The van der Waals surface area contributed by atoms with Crippen LogP contribution in [0.5, 0.6) is 5.75 Å². The van der Waals surface area contributed by atoms with Crippen molar-refractivity contribution < 1.29 is 13.2 Å². The Hall–Kier alpha value is -1.73. The zero-order valence-corrected chi connectivity index (χ0v) is 13.5. The standard InChI is InChI=1S/C13H16ClN3O3S/c1-4-17-9(2)13(8-15-17)21(18,19)16-10-5-6-12(20-3)11(14)7-10/h5-8,16H,4H2,1-3H3. The van der Waals surface area contributed by atoms with Gasteiger partial charge in [0.25, 0.3) is 10.0 Å². The van der Waals surface area contributed by atoms with Crippen molar-refractivity contribution >= 4 is 27.3 Å². The van der Waals surface area contributed by atoms with Gasteiger partial charge in [0, 0.05) is 6.54 Å². The monoisotopic (exact) mass is 329 g/mol. The fraction of sp³-hybridized carbons (Fsp3) is 0.308. The summed E-state index contributed by atoms with van der Waals surface area (Å²) in [5.74, 6) is 0.481. The summed E-state index contributed by atoms with van der Waals surface area (Å²) in [5, 5.41) is 4.37. The van der Waals surface area contributed by atoms with Crippen LogP contribution < -0.4 is 9.46 Å². The molecule has 2 aromatic rings. The molecule has 0 spiro atoms. The zero-order chi connectivity index (χ0) is 15.6. The maximum atomic E-state index is 12.4. The molecular formula is C13H16ClN3O3S. The van der Waals surface area contributed by atoms with Crippen molar-refractivity contribution in [1.29, 1.82) is 0 Å². The highest BCUT2D eigenvalue weighted by Crippen LogP contribution is 2.28. The molecule has 0 unspecified atom stereocenters. The van der Waals surface area contributed by atoms with Crippen molar-refractivity contribution in [2.24, 2.45) is 0 Å². The largest absolute Gasteiger partial charge is 0.495 e. The van der Waals surface area contributed by atoms with Gasteiger partial charge in [-0.3, -0.25) is 9.40 Å². The molecule has 1 aromatic carbocycles. The Bertz CT molecular complexity index is 756. The van der Waals surface area contributed by atoms with Crippen molar-refractivity contribution in [3.05, 3.63) is 35.1 Å². The zero-order valence-electron chi connectivity index (χ0n) is 11.9. The van der Waals surface area contributed by atoms with Crippen LogP contribution in [-0.2, 0) is 16.6 Å². The van der Waals surface area contributed by atoms with Gasteiger partial charge < -0.3 is 4.74 Å². The fourth-order valence-corrected chi connectivity index (χ4v) is 3.44. The van der Waals surface area contributed by atoms with Crippen molar-refractivity contribution in [2.75, 3.05) is 11.8 Å². The van der Waals surface area contributed by atoms with Gasteiger partial charge >= 0.3 is 0 Å². The Morgan fingerprint density at radius 3 is 2.67 bits per heavy atom. The first-order chi connectivity index (χ1) is 9.89. The lowest BCUT2D eigenvalue weighted by atomic mass is 10.3. The summed E-state index contributed by atoms with van der Waals surface area (Å²) in [6.45, 7) is 4.22. The number of benzene rings is 1. The molecule has 0 radical (unpaired) electrons. The predicted octanol–water partition coefficient (Wildman–Crippen LogP) is 2.67. The lowest BCUT2D eigenvalue weighted by Crippen LogP contribution is -2.14. The fourth-order valence-electron chi connectivity index (χ4n) is 1.95. The van der Waals surface area contributed by atoms with Crippen LogP contribution in [0, 0.1) is 6.92 Å². The van der Waals surface area contributed by atoms with E-state index >= 15 is 0 Å². The first kappa shape index (κ1) is 15.7. The second kappa shape index (κ2) is 5.95. The molecule has 0 amide bonds. The Kier molecular flexibility index (Phi) is 4.43. The van der Waals surface area contributed by atoms with Crippen LogP contribution in [0.1, 0.15) is 12.6 Å². The average Bonchev–Trinajstić information content (AvgIpc) is 2.80. The highest BCUT2D eigenvalue weighted by molar-refractivity contribution is 7.92. The van der Waals surface area contributed by atoms with Gasteiger partial charge in [0.2, 0.25) is 0 Å². The molecule has 0 saturated carbocycles. The average molecular weight is 330 g/mol. The van der Waals surface area contributed by atoms with Gasteiger partial charge in [-0.05, 0) is 32.0 Å². The normalized spacial score (nSPS) is 11.4. The number of aromatic nitrogens is 2. The van der Waals surface area contributed by atoms with Crippen LogP contribution >= 0.6 is 11.6 Å². The quantitative estimate of drug-likeness (QED) is 0.915. The molecule has 8 heteroatoms. The number of sulfonamides is 1. The minimum atomic E-state index is -3.70. The summed E-state index contributed by atoms with van der Waals surface area (Å²) < 4.78 is 33.9. The van der Waals surface area contributed by atoms with E-state index in [1.807, 2.05) is 6.92 Å². The third-order valence-electron chi connectivity index (χ3n) is 3.05. The highest BCUT2D eigenvalue weighted by atomic mass is 35.5. The Labute approximate surface area is 128 Å². The number of ether oxygens (including phenoxy) is 1. The van der Waals surface area contributed by atoms with Gasteiger partial charge in [-0.15, -0.1) is 0 Å². The Morgan fingerprint density at radius 2 is 2.14 bits per heavy atom. The van der Waals surface area contributed by atoms with Crippen molar-refractivity contribution in [2.45, 2.75) is 25.3 Å². The molecule has 0 bridgehead atoms. The number of hydrogen-bond acceptors (Lipinski definition) is 4. The first-order valence-corrected chi connectivity index (χ1v) is 8.14. The van der Waals surface area contributed by atoms with Crippen LogP contribution in [0.25, 0.3) is 0 Å². The molecule has 6 nitrogen and oxygen atoms in total. The topological polar surface area (TPSA) is 73.2 Å². The molecule has 0 atom stereocenters. The van der Waals surface area contributed by atoms with Crippen LogP contribution in [0.3, 0.4) is 0 Å². The molecule has 114 valence electrons. The highest BCUT2D eigenvalue weighted by Gasteiger charge is 2.21. The van der Waals surface area contributed by atoms with E-state index in [1.54, 1.807) is 23.7 Å². The number of nitrogens with one attached hydrogen (secondary N) is 1. The van der Waals surface area contributed by atoms with E-state index in [2.05, 4.69) is 9.82 Å². The Balaban J connectivity index is 2.33. The molecule has 1 aromatic heterocycles. The van der Waals surface area contributed by atoms with Crippen molar-refractivity contribution in [3.63, 3.8) is 0 Å². The molecule has 0 aliphatic heterocycles. The number of aryl methyl sites for hydroxylation is 1. The molecule has 1 heterocycles. The number of halogens is 1. The number of methoxy groups -OCH3 is 1. The summed E-state index contributed by atoms with van der Waals surface area (Å²) in [5.41, 5.74) is 0.953. The number of anilines is 1. The molecule has 21 heavy (non-hydrogen) atoms. The van der Waals surface area contributed by atoms with E-state index in [1.165, 1.54) is 19.4 Å². The molecule has 0 aliphatic carbocycles. The number of hydrogen-bond donors (Lipinski definition) is 1. The maximum absolute atomic E-state index is 12.4. The SMILES string of the molecule is CCn1ncc(S(=O)(=O)Nc2ccc(OC)c(Cl)c2)c1C. The molecule has 1 N–H and O–H groups in total. The van der Waals surface area contributed by atoms with E-state index in [-0.39, 0.29) is 4.90 Å². The van der Waals surface area contributed by atoms with E-state index in [0.717, 1.165) is 0 Å². The van der Waals surface area contributed by atoms with Gasteiger partial charge in [0.05, 0.1) is 29.7 Å². The lowest BCUT2D eigenvalue weighted by molar-refractivity contribution is 0.415. The van der Waals surface area contributed by atoms with E-state index in [9.17, 15) is 8.42 Å². The maximum Gasteiger partial charge on any atom is 0.265 e. The van der Waals surface area contributed by atoms with Crippen molar-refractivity contribution in [3.8, 4) is 5.75 Å². The summed E-state index contributed by atoms with van der Waals surface area (Å²) >= 11 is 5.99. The summed E-state index contributed by atoms with van der Waals surface area (Å²) in [6, 6.07) is 4.68. The van der Waals surface area contributed by atoms with Crippen LogP contribution in [0.2, 0.25) is 5.02 Å². The van der Waals surface area contributed by atoms with Crippen LogP contribution in [0.15, 0.2) is 29.3 Å². The molecular weight excluding hydrogens is 314 g/mol. The van der Waals surface area contributed by atoms with Gasteiger partial charge in [-0.2, -0.15) is 5.10 Å². The summed E-state index contributed by atoms with van der Waals surface area (Å²) in [4.78, 5) is 0.149. The Morgan fingerprint density at radius 1 is 1.43 bits per heavy atom. The van der Waals surface area contributed by atoms with E-state index in [4.69, 9.17) is 16.3 Å². The van der Waals surface area contributed by atoms with Crippen molar-refractivity contribution in [1.82, 2.24) is 9.78 Å². The summed E-state index contributed by atoms with van der Waals surface area (Å²) in [6.07, 6.45) is 1.34. The summed E-state index contributed by atoms with van der Waals surface area (Å²) in [7, 11) is -2.21. The van der Waals surface area contributed by atoms with Gasteiger partial charge in [0.1, 0.15) is 10.6 Å². The lowest BCUT2D eigenvalue weighted by Gasteiger charge is -2.10. The van der Waals surface area contributed by atoms with Gasteiger partial charge in [-0.25, -0.2) is 8.42 Å². The van der Waals surface area contributed by atoms with Crippen LogP contribution in [-0.4, -0.2) is 25.3 Å². The number of nitrogens with zero attached hydrogens (tertiary/aromatic N) is 2. The number of rotatable bonds is 5. The van der Waals surface area contributed by atoms with E-state index < -0.39 is 10.0 Å². The third-order valence-corrected chi connectivity index (χ3v) is 4.83. The minimum Gasteiger partial charge on any atom is -0.495 e. The third kappa shape index (κ3) is 3.14. The first-order valence-electron chi connectivity index (χ1n) is 6.27. The van der Waals surface area contributed by atoms with Gasteiger partial charge in [-0.1, -0.05) is 11.6 Å². The smallest absolute Gasteiger partial charge is 0.265 e. The molecule has 0 saturated heterocycles. The second-order valence-corrected chi connectivity index (χ2v) is 6.42. The van der Waals surface area contributed by atoms with Gasteiger partial charge in [0.15, 0.2) is 0 Å². The van der Waals surface area contributed by atoms with Crippen LogP contribution in [0.4, 0.5) is 5.69 Å². The van der Waals surface area contributed by atoms with E-state index in [0.29, 0.717) is 28.7 Å². The molecule has 2 rings (SSSR count). The second-order valence-electron chi connectivity index (χ2n) is 4.36. The minimum absolute atomic E-state index is 0.149.